The molecule has 2 rings (SSSR count). The zero-order valence-electron chi connectivity index (χ0n) is 15.2. The molecule has 3 amide bonds. The molecule has 28 heavy (non-hydrogen) atoms. The molecule has 1 aliphatic heterocycles. The number of nitrogens with one attached hydrogen (secondary N) is 2. The third-order valence-corrected chi connectivity index (χ3v) is 5.64. The Kier molecular flexibility index (Phi) is 7.67. The molecule has 152 valence electrons. The molecule has 0 aliphatic carbocycles. The van der Waals surface area contributed by atoms with Crippen molar-refractivity contribution in [3.8, 4) is 0 Å². The van der Waals surface area contributed by atoms with Gasteiger partial charge in [-0.3, -0.25) is 10.1 Å². The molecule has 0 bridgehead atoms. The number of hydrogen-bond acceptors (Lipinski definition) is 7. The van der Waals surface area contributed by atoms with Gasteiger partial charge in [0.2, 0.25) is 10.0 Å². The molecule has 1 saturated heterocycles. The summed E-state index contributed by atoms with van der Waals surface area (Å²) in [5.41, 5.74) is 0.577. The number of nitrogens with zero attached hydrogens (tertiary/aromatic N) is 1. The van der Waals surface area contributed by atoms with Crippen molar-refractivity contribution in [2.24, 2.45) is 0 Å². The second-order valence-corrected chi connectivity index (χ2v) is 7.59. The van der Waals surface area contributed by atoms with Gasteiger partial charge in [0.05, 0.1) is 18.1 Å². The van der Waals surface area contributed by atoms with E-state index in [2.05, 4.69) is 5.32 Å². The number of carbonyl (C=O) groups is 3. The fraction of sp³-hybridized carbons (Fsp3) is 0.353. The molecule has 0 atom stereocenters. The van der Waals surface area contributed by atoms with Gasteiger partial charge in [-0.15, -0.1) is 0 Å². The van der Waals surface area contributed by atoms with E-state index in [0.717, 1.165) is 6.08 Å². The van der Waals surface area contributed by atoms with Gasteiger partial charge in [0.25, 0.3) is 5.91 Å². The number of ether oxygens (including phenoxy) is 2. The number of rotatable bonds is 6. The van der Waals surface area contributed by atoms with Crippen LogP contribution in [0.25, 0.3) is 6.08 Å². The first kappa shape index (κ1) is 21.5. The first-order chi connectivity index (χ1) is 13.3. The van der Waals surface area contributed by atoms with Gasteiger partial charge in [0, 0.05) is 26.2 Å². The number of hydrogen-bond donors (Lipinski definition) is 2. The minimum Gasteiger partial charge on any atom is -0.452 e. The van der Waals surface area contributed by atoms with Crippen LogP contribution in [0.15, 0.2) is 35.2 Å². The zero-order valence-corrected chi connectivity index (χ0v) is 16.0. The average molecular weight is 411 g/mol. The van der Waals surface area contributed by atoms with Crippen LogP contribution in [0, 0.1) is 0 Å². The zero-order chi connectivity index (χ0) is 20.6. The molecule has 0 radical (unpaired) electrons. The molecular weight excluding hydrogens is 390 g/mol. The van der Waals surface area contributed by atoms with E-state index in [-0.39, 0.29) is 4.90 Å². The van der Waals surface area contributed by atoms with Crippen LogP contribution >= 0.6 is 0 Å². The highest BCUT2D eigenvalue weighted by Gasteiger charge is 2.25. The Morgan fingerprint density at radius 2 is 1.82 bits per heavy atom. The predicted octanol–water partition coefficient (Wildman–Crippen LogP) is -0.280. The van der Waals surface area contributed by atoms with Gasteiger partial charge in [-0.2, -0.15) is 4.31 Å². The summed E-state index contributed by atoms with van der Waals surface area (Å²) in [5.74, 6) is -1.55. The summed E-state index contributed by atoms with van der Waals surface area (Å²) in [6.07, 6.45) is 2.52. The molecule has 1 heterocycles. The molecule has 2 N–H and O–H groups in total. The second kappa shape index (κ2) is 9.97. The first-order valence-corrected chi connectivity index (χ1v) is 9.81. The van der Waals surface area contributed by atoms with Crippen molar-refractivity contribution in [1.29, 1.82) is 0 Å². The van der Waals surface area contributed by atoms with E-state index < -0.39 is 34.5 Å². The third-order valence-electron chi connectivity index (χ3n) is 3.73. The summed E-state index contributed by atoms with van der Waals surface area (Å²) < 4.78 is 36.3. The van der Waals surface area contributed by atoms with E-state index in [1.54, 1.807) is 12.1 Å². The summed E-state index contributed by atoms with van der Waals surface area (Å²) >= 11 is 0. The second-order valence-electron chi connectivity index (χ2n) is 5.65. The van der Waals surface area contributed by atoms with E-state index in [9.17, 15) is 22.8 Å². The van der Waals surface area contributed by atoms with Crippen LogP contribution in [-0.4, -0.2) is 70.6 Å². The van der Waals surface area contributed by atoms with Gasteiger partial charge >= 0.3 is 12.0 Å². The smallest absolute Gasteiger partial charge is 0.331 e. The van der Waals surface area contributed by atoms with Crippen molar-refractivity contribution in [1.82, 2.24) is 14.9 Å². The average Bonchev–Trinajstić information content (AvgIpc) is 2.71. The molecule has 10 nitrogen and oxygen atoms in total. The number of carbonyl (C=O) groups excluding carboxylic acids is 3. The summed E-state index contributed by atoms with van der Waals surface area (Å²) in [7, 11) is -2.24. The van der Waals surface area contributed by atoms with Crippen molar-refractivity contribution in [3.05, 3.63) is 35.9 Å². The first-order valence-electron chi connectivity index (χ1n) is 8.37. The van der Waals surface area contributed by atoms with Crippen LogP contribution in [-0.2, 0) is 29.1 Å². The molecule has 0 aromatic heterocycles. The molecule has 0 saturated carbocycles. The Balaban J connectivity index is 1.90. The molecule has 1 aromatic rings. The van der Waals surface area contributed by atoms with Gasteiger partial charge in [-0.25, -0.2) is 18.0 Å². The Morgan fingerprint density at radius 3 is 2.43 bits per heavy atom. The van der Waals surface area contributed by atoms with Crippen LogP contribution in [0.2, 0.25) is 0 Å². The number of amides is 3. The van der Waals surface area contributed by atoms with Crippen molar-refractivity contribution >= 4 is 34.0 Å². The Morgan fingerprint density at radius 1 is 1.18 bits per heavy atom. The lowest BCUT2D eigenvalue weighted by Crippen LogP contribution is -2.40. The largest absolute Gasteiger partial charge is 0.452 e. The van der Waals surface area contributed by atoms with Gasteiger partial charge in [0.1, 0.15) is 0 Å². The van der Waals surface area contributed by atoms with Crippen LogP contribution in [0.1, 0.15) is 5.56 Å². The highest BCUT2D eigenvalue weighted by Crippen LogP contribution is 2.18. The normalized spacial score (nSPS) is 15.2. The lowest BCUT2D eigenvalue weighted by Gasteiger charge is -2.26. The maximum atomic E-state index is 12.5. The standard InChI is InChI=1S/C17H21N3O7S/c1-18-17(23)19-15(21)12-27-16(22)7-4-13-2-5-14(6-3-13)28(24,25)20-8-10-26-11-9-20/h2-7H,8-12H2,1H3,(H2,18,19,21,23). The highest BCUT2D eigenvalue weighted by molar-refractivity contribution is 7.89. The monoisotopic (exact) mass is 411 g/mol. The number of urea groups is 1. The summed E-state index contributed by atoms with van der Waals surface area (Å²) in [5, 5.41) is 4.14. The fourth-order valence-corrected chi connectivity index (χ4v) is 3.67. The third kappa shape index (κ3) is 6.15. The summed E-state index contributed by atoms with van der Waals surface area (Å²) in [6.45, 7) is 0.743. The molecule has 1 aliphatic rings. The predicted molar refractivity (Wildman–Crippen MR) is 98.6 cm³/mol. The number of imide groups is 1. The van der Waals surface area contributed by atoms with Gasteiger partial charge < -0.3 is 14.8 Å². The van der Waals surface area contributed by atoms with E-state index in [1.807, 2.05) is 5.32 Å². The van der Waals surface area contributed by atoms with Gasteiger partial charge in [-0.05, 0) is 23.8 Å². The van der Waals surface area contributed by atoms with Crippen LogP contribution in [0.4, 0.5) is 4.79 Å². The highest BCUT2D eigenvalue weighted by atomic mass is 32.2. The number of sulfonamides is 1. The van der Waals surface area contributed by atoms with E-state index in [0.29, 0.717) is 31.9 Å². The maximum absolute atomic E-state index is 12.5. The van der Waals surface area contributed by atoms with Crippen LogP contribution < -0.4 is 10.6 Å². The Bertz CT molecular complexity index is 844. The Hall–Kier alpha value is -2.76. The van der Waals surface area contributed by atoms with E-state index >= 15 is 0 Å². The quantitative estimate of drug-likeness (QED) is 0.486. The van der Waals surface area contributed by atoms with Gasteiger partial charge in [0.15, 0.2) is 6.61 Å². The number of benzene rings is 1. The van der Waals surface area contributed by atoms with Crippen molar-refractivity contribution < 1.29 is 32.3 Å². The van der Waals surface area contributed by atoms with Crippen molar-refractivity contribution in [2.45, 2.75) is 4.90 Å². The number of esters is 1. The summed E-state index contributed by atoms with van der Waals surface area (Å²) in [6, 6.07) is 5.30. The lowest BCUT2D eigenvalue weighted by molar-refractivity contribution is -0.143. The van der Waals surface area contributed by atoms with Crippen LogP contribution in [0.5, 0.6) is 0 Å². The minimum atomic E-state index is -3.58. The molecular formula is C17H21N3O7S. The lowest BCUT2D eigenvalue weighted by atomic mass is 10.2. The van der Waals surface area contributed by atoms with Crippen molar-refractivity contribution in [2.75, 3.05) is 40.0 Å². The van der Waals surface area contributed by atoms with Crippen molar-refractivity contribution in [3.63, 3.8) is 0 Å². The fourth-order valence-electron chi connectivity index (χ4n) is 2.26. The van der Waals surface area contributed by atoms with Crippen LogP contribution in [0.3, 0.4) is 0 Å². The maximum Gasteiger partial charge on any atom is 0.331 e. The van der Waals surface area contributed by atoms with Gasteiger partial charge in [-0.1, -0.05) is 12.1 Å². The van der Waals surface area contributed by atoms with E-state index in [1.165, 1.54) is 29.6 Å². The molecule has 1 fully saturated rings. The van der Waals surface area contributed by atoms with E-state index in [4.69, 9.17) is 9.47 Å². The molecule has 11 heteroatoms. The SMILES string of the molecule is CNC(=O)NC(=O)COC(=O)C=Cc1ccc(S(=O)(=O)N2CCOCC2)cc1. The topological polar surface area (TPSA) is 131 Å². The Labute approximate surface area is 162 Å². The summed E-state index contributed by atoms with van der Waals surface area (Å²) in [4.78, 5) is 34.0. The molecule has 1 aromatic carbocycles. The molecule has 0 unspecified atom stereocenters. The minimum absolute atomic E-state index is 0.153. The number of morpholine rings is 1. The molecule has 0 spiro atoms.